The van der Waals surface area contributed by atoms with E-state index in [1.807, 2.05) is 12.3 Å². The molecule has 1 aromatic heterocycles. The van der Waals surface area contributed by atoms with Gasteiger partial charge in [0.2, 0.25) is 0 Å². The van der Waals surface area contributed by atoms with Crippen LogP contribution in [0.25, 0.3) is 0 Å². The largest absolute Gasteiger partial charge is 0.374 e. The molecule has 13 heavy (non-hydrogen) atoms. The van der Waals surface area contributed by atoms with Gasteiger partial charge < -0.3 is 4.90 Å². The summed E-state index contributed by atoms with van der Waals surface area (Å²) in [6.07, 6.45) is 3.61. The third kappa shape index (κ3) is 3.07. The Bertz CT molecular complexity index is 269. The average Bonchev–Trinajstić information content (AvgIpc) is 2.17. The van der Waals surface area contributed by atoms with Crippen LogP contribution in [0.4, 0.5) is 0 Å². The number of rotatable bonds is 4. The van der Waals surface area contributed by atoms with Crippen LogP contribution in [0.15, 0.2) is 31.1 Å². The molecular weight excluding hydrogens is 184 g/mol. The summed E-state index contributed by atoms with van der Waals surface area (Å²) >= 11 is 5.67. The zero-order valence-electron chi connectivity index (χ0n) is 7.70. The minimum absolute atomic E-state index is 0.533. The van der Waals surface area contributed by atoms with Gasteiger partial charge in [-0.3, -0.25) is 0 Å². The van der Waals surface area contributed by atoms with E-state index in [9.17, 15) is 0 Å². The van der Waals surface area contributed by atoms with Gasteiger partial charge in [0.1, 0.15) is 5.15 Å². The van der Waals surface area contributed by atoms with Gasteiger partial charge in [0.25, 0.3) is 0 Å². The first-order valence-electron chi connectivity index (χ1n) is 4.23. The molecule has 0 unspecified atom stereocenters. The van der Waals surface area contributed by atoms with Crippen LogP contribution in [0.5, 0.6) is 0 Å². The molecule has 0 spiro atoms. The minimum atomic E-state index is 0.533. The molecule has 0 atom stereocenters. The Morgan fingerprint density at radius 2 is 2.38 bits per heavy atom. The molecule has 0 aromatic carbocycles. The average molecular weight is 197 g/mol. The first-order chi connectivity index (χ1) is 6.26. The fourth-order valence-corrected chi connectivity index (χ4v) is 1.15. The second kappa shape index (κ2) is 4.87. The molecule has 0 bridgehead atoms. The van der Waals surface area contributed by atoms with E-state index in [0.29, 0.717) is 5.15 Å². The molecule has 0 fully saturated rings. The molecule has 70 valence electrons. The van der Waals surface area contributed by atoms with E-state index < -0.39 is 0 Å². The van der Waals surface area contributed by atoms with Crippen molar-refractivity contribution in [1.29, 1.82) is 0 Å². The summed E-state index contributed by atoms with van der Waals surface area (Å²) in [6, 6.07) is 3.77. The molecule has 0 aliphatic heterocycles. The van der Waals surface area contributed by atoms with Gasteiger partial charge in [0.05, 0.1) is 0 Å². The van der Waals surface area contributed by atoms with Crippen molar-refractivity contribution in [3.63, 3.8) is 0 Å². The van der Waals surface area contributed by atoms with Crippen molar-refractivity contribution in [1.82, 2.24) is 9.88 Å². The number of hydrogen-bond donors (Lipinski definition) is 0. The molecule has 0 saturated heterocycles. The van der Waals surface area contributed by atoms with Crippen LogP contribution in [-0.4, -0.2) is 16.4 Å². The van der Waals surface area contributed by atoms with Crippen LogP contribution in [-0.2, 0) is 6.54 Å². The highest BCUT2D eigenvalue weighted by Gasteiger charge is 1.97. The molecule has 0 aliphatic rings. The Morgan fingerprint density at radius 3 is 2.85 bits per heavy atom. The van der Waals surface area contributed by atoms with E-state index in [0.717, 1.165) is 18.7 Å². The molecule has 0 saturated carbocycles. The van der Waals surface area contributed by atoms with Gasteiger partial charge >= 0.3 is 0 Å². The standard InChI is InChI=1S/C10H13ClN2/c1-3-13(4-2)8-9-5-6-10(11)12-7-9/h3,5-7H,1,4,8H2,2H3. The summed E-state index contributed by atoms with van der Waals surface area (Å²) in [5.74, 6) is 0. The van der Waals surface area contributed by atoms with Gasteiger partial charge in [0.15, 0.2) is 0 Å². The first kappa shape index (κ1) is 10.1. The molecule has 1 rings (SSSR count). The smallest absolute Gasteiger partial charge is 0.129 e. The lowest BCUT2D eigenvalue weighted by molar-refractivity contribution is 0.390. The highest BCUT2D eigenvalue weighted by atomic mass is 35.5. The van der Waals surface area contributed by atoms with Crippen LogP contribution in [0.3, 0.4) is 0 Å². The molecule has 3 heteroatoms. The zero-order valence-corrected chi connectivity index (χ0v) is 8.46. The van der Waals surface area contributed by atoms with Gasteiger partial charge in [-0.2, -0.15) is 0 Å². The topological polar surface area (TPSA) is 16.1 Å². The van der Waals surface area contributed by atoms with Crippen molar-refractivity contribution < 1.29 is 0 Å². The Balaban J connectivity index is 2.63. The van der Waals surface area contributed by atoms with Crippen molar-refractivity contribution in [3.8, 4) is 0 Å². The normalized spacial score (nSPS) is 9.69. The van der Waals surface area contributed by atoms with Crippen LogP contribution < -0.4 is 0 Å². The van der Waals surface area contributed by atoms with Crippen molar-refractivity contribution >= 4 is 11.6 Å². The monoisotopic (exact) mass is 196 g/mol. The van der Waals surface area contributed by atoms with Crippen molar-refractivity contribution in [2.45, 2.75) is 13.5 Å². The fraction of sp³-hybridized carbons (Fsp3) is 0.300. The van der Waals surface area contributed by atoms with E-state index in [1.54, 1.807) is 12.3 Å². The molecule has 0 amide bonds. The Morgan fingerprint density at radius 1 is 1.62 bits per heavy atom. The first-order valence-corrected chi connectivity index (χ1v) is 4.61. The molecular formula is C10H13ClN2. The third-order valence-corrected chi connectivity index (χ3v) is 2.06. The van der Waals surface area contributed by atoms with E-state index in [4.69, 9.17) is 11.6 Å². The van der Waals surface area contributed by atoms with Gasteiger partial charge in [-0.15, -0.1) is 0 Å². The number of hydrogen-bond acceptors (Lipinski definition) is 2. The summed E-state index contributed by atoms with van der Waals surface area (Å²) in [4.78, 5) is 6.11. The van der Waals surface area contributed by atoms with Crippen LogP contribution in [0.1, 0.15) is 12.5 Å². The molecule has 0 N–H and O–H groups in total. The lowest BCUT2D eigenvalue weighted by Crippen LogP contribution is -2.15. The van der Waals surface area contributed by atoms with Gasteiger partial charge in [-0.05, 0) is 24.8 Å². The number of aromatic nitrogens is 1. The molecule has 1 aromatic rings. The van der Waals surface area contributed by atoms with Crippen LogP contribution >= 0.6 is 11.6 Å². The summed E-state index contributed by atoms with van der Waals surface area (Å²) in [6.45, 7) is 7.60. The van der Waals surface area contributed by atoms with Crippen molar-refractivity contribution in [3.05, 3.63) is 41.8 Å². The molecule has 1 heterocycles. The quantitative estimate of drug-likeness (QED) is 0.689. The Kier molecular flexibility index (Phi) is 3.77. The highest BCUT2D eigenvalue weighted by Crippen LogP contribution is 2.07. The highest BCUT2D eigenvalue weighted by molar-refractivity contribution is 6.29. The summed E-state index contributed by atoms with van der Waals surface area (Å²) in [7, 11) is 0. The Labute approximate surface area is 83.8 Å². The van der Waals surface area contributed by atoms with E-state index in [2.05, 4.69) is 23.4 Å². The predicted molar refractivity (Wildman–Crippen MR) is 55.5 cm³/mol. The number of pyridine rings is 1. The van der Waals surface area contributed by atoms with Gasteiger partial charge in [-0.25, -0.2) is 4.98 Å². The lowest BCUT2D eigenvalue weighted by atomic mass is 10.3. The summed E-state index contributed by atoms with van der Waals surface area (Å²) in [5.41, 5.74) is 1.14. The SMILES string of the molecule is C=CN(CC)Cc1ccc(Cl)nc1. The summed E-state index contributed by atoms with van der Waals surface area (Å²) in [5, 5.41) is 0.533. The fourth-order valence-electron chi connectivity index (χ4n) is 1.04. The molecule has 2 nitrogen and oxygen atoms in total. The molecule has 0 aliphatic carbocycles. The third-order valence-electron chi connectivity index (χ3n) is 1.84. The minimum Gasteiger partial charge on any atom is -0.374 e. The second-order valence-electron chi connectivity index (χ2n) is 2.73. The zero-order chi connectivity index (χ0) is 9.68. The molecule has 0 radical (unpaired) electrons. The van der Waals surface area contributed by atoms with Crippen LogP contribution in [0.2, 0.25) is 5.15 Å². The van der Waals surface area contributed by atoms with E-state index >= 15 is 0 Å². The lowest BCUT2D eigenvalue weighted by Gasteiger charge is -2.16. The van der Waals surface area contributed by atoms with Gasteiger partial charge in [-0.1, -0.05) is 24.2 Å². The number of halogens is 1. The van der Waals surface area contributed by atoms with Crippen molar-refractivity contribution in [2.75, 3.05) is 6.54 Å². The number of nitrogens with zero attached hydrogens (tertiary/aromatic N) is 2. The van der Waals surface area contributed by atoms with Crippen molar-refractivity contribution in [2.24, 2.45) is 0 Å². The van der Waals surface area contributed by atoms with Gasteiger partial charge in [0, 0.05) is 19.3 Å². The maximum Gasteiger partial charge on any atom is 0.129 e. The predicted octanol–water partition coefficient (Wildman–Crippen LogP) is 2.70. The second-order valence-corrected chi connectivity index (χ2v) is 3.12. The van der Waals surface area contributed by atoms with E-state index in [-0.39, 0.29) is 0 Å². The summed E-state index contributed by atoms with van der Waals surface area (Å²) < 4.78 is 0. The Hall–Kier alpha value is -1.02. The maximum absolute atomic E-state index is 5.67. The maximum atomic E-state index is 5.67. The van der Waals surface area contributed by atoms with Crippen LogP contribution in [0, 0.1) is 0 Å². The van der Waals surface area contributed by atoms with E-state index in [1.165, 1.54) is 0 Å².